The zero-order valence-corrected chi connectivity index (χ0v) is 8.40. The summed E-state index contributed by atoms with van der Waals surface area (Å²) in [6.45, 7) is 1.04. The van der Waals surface area contributed by atoms with Crippen molar-refractivity contribution in [3.05, 3.63) is 0 Å². The second-order valence-corrected chi connectivity index (χ2v) is 3.49. The summed E-state index contributed by atoms with van der Waals surface area (Å²) in [6.07, 6.45) is 6.36. The number of amides is 2. The number of urea groups is 1. The van der Waals surface area contributed by atoms with Gasteiger partial charge in [0, 0.05) is 13.1 Å². The summed E-state index contributed by atoms with van der Waals surface area (Å²) in [4.78, 5) is 23.7. The van der Waals surface area contributed by atoms with Gasteiger partial charge in [0.05, 0.1) is 12.5 Å². The molecule has 1 aliphatic rings. The number of piperidine rings is 1. The van der Waals surface area contributed by atoms with Crippen molar-refractivity contribution in [1.29, 1.82) is 0 Å². The van der Waals surface area contributed by atoms with E-state index in [2.05, 4.69) is 11.2 Å². The van der Waals surface area contributed by atoms with E-state index >= 15 is 0 Å². The van der Waals surface area contributed by atoms with Gasteiger partial charge in [-0.05, 0) is 12.8 Å². The first kappa shape index (κ1) is 11.4. The van der Waals surface area contributed by atoms with Crippen LogP contribution in [0.25, 0.3) is 0 Å². The lowest BCUT2D eigenvalue weighted by atomic mass is 9.99. The third-order valence-electron chi connectivity index (χ3n) is 2.40. The predicted octanol–water partition coefficient (Wildman–Crippen LogP) is 0.126. The highest BCUT2D eigenvalue weighted by atomic mass is 16.4. The van der Waals surface area contributed by atoms with Crippen LogP contribution in [0.15, 0.2) is 0 Å². The van der Waals surface area contributed by atoms with Crippen molar-refractivity contribution in [2.75, 3.05) is 19.6 Å². The van der Waals surface area contributed by atoms with Crippen molar-refractivity contribution in [3.8, 4) is 12.3 Å². The molecule has 2 amide bonds. The third-order valence-corrected chi connectivity index (χ3v) is 2.40. The van der Waals surface area contributed by atoms with E-state index in [1.165, 1.54) is 4.90 Å². The van der Waals surface area contributed by atoms with Gasteiger partial charge in [-0.25, -0.2) is 4.79 Å². The maximum absolute atomic E-state index is 11.5. The Labute approximate surface area is 88.4 Å². The zero-order valence-electron chi connectivity index (χ0n) is 8.40. The monoisotopic (exact) mass is 210 g/mol. The van der Waals surface area contributed by atoms with Gasteiger partial charge in [0.1, 0.15) is 0 Å². The molecule has 82 valence electrons. The largest absolute Gasteiger partial charge is 0.481 e. The molecule has 1 atom stereocenters. The zero-order chi connectivity index (χ0) is 11.3. The first-order valence-corrected chi connectivity index (χ1v) is 4.84. The SMILES string of the molecule is C#CCNC(=O)N1CCC[C@@H](C(=O)O)C1. The van der Waals surface area contributed by atoms with Crippen LogP contribution in [-0.4, -0.2) is 41.6 Å². The Morgan fingerprint density at radius 3 is 2.93 bits per heavy atom. The summed E-state index contributed by atoms with van der Waals surface area (Å²) in [5, 5.41) is 11.3. The Kier molecular flexibility index (Phi) is 3.98. The number of carbonyl (C=O) groups excluding carboxylic acids is 1. The molecule has 0 unspecified atom stereocenters. The normalized spacial score (nSPS) is 20.5. The minimum atomic E-state index is -0.843. The number of hydrogen-bond acceptors (Lipinski definition) is 2. The van der Waals surface area contributed by atoms with E-state index in [0.717, 1.165) is 6.42 Å². The van der Waals surface area contributed by atoms with Crippen LogP contribution in [0.3, 0.4) is 0 Å². The van der Waals surface area contributed by atoms with Crippen molar-refractivity contribution < 1.29 is 14.7 Å². The Balaban J connectivity index is 2.45. The van der Waals surface area contributed by atoms with Gasteiger partial charge in [0.15, 0.2) is 0 Å². The molecule has 1 aliphatic heterocycles. The van der Waals surface area contributed by atoms with Crippen molar-refractivity contribution in [3.63, 3.8) is 0 Å². The molecule has 15 heavy (non-hydrogen) atoms. The average molecular weight is 210 g/mol. The van der Waals surface area contributed by atoms with Gasteiger partial charge < -0.3 is 15.3 Å². The Morgan fingerprint density at radius 2 is 2.33 bits per heavy atom. The van der Waals surface area contributed by atoms with E-state index in [1.807, 2.05) is 0 Å². The van der Waals surface area contributed by atoms with Crippen LogP contribution >= 0.6 is 0 Å². The Hall–Kier alpha value is -1.70. The van der Waals surface area contributed by atoms with Crippen molar-refractivity contribution in [2.45, 2.75) is 12.8 Å². The van der Waals surface area contributed by atoms with Crippen LogP contribution in [0.1, 0.15) is 12.8 Å². The molecule has 0 aromatic carbocycles. The van der Waals surface area contributed by atoms with Crippen LogP contribution < -0.4 is 5.32 Å². The number of hydrogen-bond donors (Lipinski definition) is 2. The number of rotatable bonds is 2. The molecule has 1 saturated heterocycles. The number of aliphatic carboxylic acids is 1. The summed E-state index contributed by atoms with van der Waals surface area (Å²) >= 11 is 0. The number of carboxylic acids is 1. The fourth-order valence-electron chi connectivity index (χ4n) is 1.60. The smallest absolute Gasteiger partial charge is 0.318 e. The van der Waals surface area contributed by atoms with Crippen LogP contribution in [0.2, 0.25) is 0 Å². The number of carbonyl (C=O) groups is 2. The topological polar surface area (TPSA) is 69.6 Å². The highest BCUT2D eigenvalue weighted by Gasteiger charge is 2.27. The first-order valence-electron chi connectivity index (χ1n) is 4.84. The van der Waals surface area contributed by atoms with Crippen LogP contribution in [0, 0.1) is 18.3 Å². The highest BCUT2D eigenvalue weighted by molar-refractivity contribution is 5.76. The van der Waals surface area contributed by atoms with Gasteiger partial charge in [-0.2, -0.15) is 0 Å². The quantitative estimate of drug-likeness (QED) is 0.636. The lowest BCUT2D eigenvalue weighted by molar-refractivity contribution is -0.143. The molecule has 1 fully saturated rings. The standard InChI is InChI=1S/C10H14N2O3/c1-2-5-11-10(15)12-6-3-4-8(7-12)9(13)14/h1,8H,3-7H2,(H,11,15)(H,13,14)/t8-/m1/s1. The van der Waals surface area contributed by atoms with Crippen LogP contribution in [0.4, 0.5) is 4.79 Å². The molecule has 1 heterocycles. The Bertz CT molecular complexity index is 296. The number of carboxylic acid groups (broad SMARTS) is 1. The van der Waals surface area contributed by atoms with Crippen molar-refractivity contribution >= 4 is 12.0 Å². The number of terminal acetylenes is 1. The van der Waals surface area contributed by atoms with Crippen molar-refractivity contribution in [1.82, 2.24) is 10.2 Å². The van der Waals surface area contributed by atoms with Gasteiger partial charge in [0.2, 0.25) is 0 Å². The van der Waals surface area contributed by atoms with Crippen LogP contribution in [0.5, 0.6) is 0 Å². The molecular formula is C10H14N2O3. The maximum Gasteiger partial charge on any atom is 0.318 e. The van der Waals surface area contributed by atoms with Crippen LogP contribution in [-0.2, 0) is 4.79 Å². The molecule has 5 heteroatoms. The fourth-order valence-corrected chi connectivity index (χ4v) is 1.60. The van der Waals surface area contributed by atoms with Gasteiger partial charge in [-0.15, -0.1) is 6.42 Å². The lowest BCUT2D eigenvalue weighted by Crippen LogP contribution is -2.47. The molecule has 0 bridgehead atoms. The summed E-state index contributed by atoms with van der Waals surface area (Å²) in [6, 6.07) is -0.279. The van der Waals surface area contributed by atoms with Gasteiger partial charge >= 0.3 is 12.0 Å². The molecule has 0 radical (unpaired) electrons. The van der Waals surface area contributed by atoms with E-state index in [-0.39, 0.29) is 19.1 Å². The molecule has 1 rings (SSSR count). The summed E-state index contributed by atoms with van der Waals surface area (Å²) in [5.74, 6) is 1.00. The van der Waals surface area contributed by atoms with Gasteiger partial charge in [-0.3, -0.25) is 4.79 Å². The Morgan fingerprint density at radius 1 is 1.60 bits per heavy atom. The average Bonchev–Trinajstić information content (AvgIpc) is 2.26. The number of likely N-dealkylation sites (tertiary alicyclic amines) is 1. The minimum Gasteiger partial charge on any atom is -0.481 e. The highest BCUT2D eigenvalue weighted by Crippen LogP contribution is 2.16. The van der Waals surface area contributed by atoms with Gasteiger partial charge in [-0.1, -0.05) is 5.92 Å². The van der Waals surface area contributed by atoms with E-state index in [4.69, 9.17) is 11.5 Å². The molecule has 0 spiro atoms. The van der Waals surface area contributed by atoms with E-state index in [9.17, 15) is 9.59 Å². The predicted molar refractivity (Wildman–Crippen MR) is 54.2 cm³/mol. The summed E-state index contributed by atoms with van der Waals surface area (Å²) in [5.41, 5.74) is 0. The minimum absolute atomic E-state index is 0.174. The first-order chi connectivity index (χ1) is 7.15. The fraction of sp³-hybridized carbons (Fsp3) is 0.600. The summed E-state index contributed by atoms with van der Waals surface area (Å²) in [7, 11) is 0. The molecular weight excluding hydrogens is 196 g/mol. The molecule has 0 aromatic heterocycles. The van der Waals surface area contributed by atoms with E-state index in [1.54, 1.807) is 0 Å². The number of nitrogens with one attached hydrogen (secondary N) is 1. The van der Waals surface area contributed by atoms with Gasteiger partial charge in [0.25, 0.3) is 0 Å². The lowest BCUT2D eigenvalue weighted by Gasteiger charge is -2.30. The molecule has 0 aromatic rings. The van der Waals surface area contributed by atoms with E-state index in [0.29, 0.717) is 13.0 Å². The summed E-state index contributed by atoms with van der Waals surface area (Å²) < 4.78 is 0. The third kappa shape index (κ3) is 3.17. The molecule has 2 N–H and O–H groups in total. The second kappa shape index (κ2) is 5.25. The maximum atomic E-state index is 11.5. The molecule has 0 saturated carbocycles. The van der Waals surface area contributed by atoms with E-state index < -0.39 is 11.9 Å². The second-order valence-electron chi connectivity index (χ2n) is 3.49. The molecule has 5 nitrogen and oxygen atoms in total. The van der Waals surface area contributed by atoms with Crippen molar-refractivity contribution in [2.24, 2.45) is 5.92 Å². The molecule has 0 aliphatic carbocycles. The number of nitrogens with zero attached hydrogens (tertiary/aromatic N) is 1.